The lowest BCUT2D eigenvalue weighted by atomic mass is 9.94. The molecule has 0 spiro atoms. The van der Waals surface area contributed by atoms with Crippen molar-refractivity contribution in [3.05, 3.63) is 75.4 Å². The molecule has 1 aromatic heterocycles. The molecule has 5 heteroatoms. The van der Waals surface area contributed by atoms with Crippen LogP contribution in [0.5, 0.6) is 11.5 Å². The number of aromatic nitrogens is 1. The zero-order valence-electron chi connectivity index (χ0n) is 16.3. The molecule has 0 atom stereocenters. The van der Waals surface area contributed by atoms with Gasteiger partial charge in [-0.05, 0) is 36.1 Å². The molecule has 0 amide bonds. The highest BCUT2D eigenvalue weighted by Gasteiger charge is 2.15. The van der Waals surface area contributed by atoms with E-state index in [-0.39, 0.29) is 6.61 Å². The number of hydrogen-bond acceptors (Lipinski definition) is 3. The van der Waals surface area contributed by atoms with Crippen LogP contribution in [0.1, 0.15) is 30.5 Å². The topological polar surface area (TPSA) is 31.4 Å². The van der Waals surface area contributed by atoms with Gasteiger partial charge in [0.05, 0.1) is 22.8 Å². The van der Waals surface area contributed by atoms with Gasteiger partial charge < -0.3 is 9.47 Å². The molecule has 3 rings (SSSR count). The largest absolute Gasteiger partial charge is 0.496 e. The SMILES string of the molecule is CCc1cccc(CC)c1-c1cc(OC)c(COc2c(Cl)cccc2Cl)cn1. The van der Waals surface area contributed by atoms with E-state index in [1.54, 1.807) is 31.5 Å². The summed E-state index contributed by atoms with van der Waals surface area (Å²) < 4.78 is 11.5. The molecular weight excluding hydrogens is 393 g/mol. The zero-order valence-corrected chi connectivity index (χ0v) is 17.8. The molecule has 2 aromatic carbocycles. The van der Waals surface area contributed by atoms with Crippen LogP contribution in [-0.2, 0) is 19.4 Å². The zero-order chi connectivity index (χ0) is 20.1. The quantitative estimate of drug-likeness (QED) is 0.426. The number of methoxy groups -OCH3 is 1. The van der Waals surface area contributed by atoms with Crippen LogP contribution in [0.15, 0.2) is 48.7 Å². The summed E-state index contributed by atoms with van der Waals surface area (Å²) in [4.78, 5) is 4.71. The van der Waals surface area contributed by atoms with Gasteiger partial charge in [-0.1, -0.05) is 61.3 Å². The summed E-state index contributed by atoms with van der Waals surface area (Å²) in [5.41, 5.74) is 5.48. The molecule has 146 valence electrons. The lowest BCUT2D eigenvalue weighted by molar-refractivity contribution is 0.296. The highest BCUT2D eigenvalue weighted by Crippen LogP contribution is 2.35. The Hall–Kier alpha value is -2.23. The van der Waals surface area contributed by atoms with E-state index in [9.17, 15) is 0 Å². The van der Waals surface area contributed by atoms with Crippen molar-refractivity contribution in [2.75, 3.05) is 7.11 Å². The highest BCUT2D eigenvalue weighted by atomic mass is 35.5. The van der Waals surface area contributed by atoms with Crippen LogP contribution in [0.25, 0.3) is 11.3 Å². The summed E-state index contributed by atoms with van der Waals surface area (Å²) in [5.74, 6) is 1.18. The van der Waals surface area contributed by atoms with E-state index >= 15 is 0 Å². The Bertz CT molecular complexity index is 930. The van der Waals surface area contributed by atoms with Gasteiger partial charge in [0.2, 0.25) is 0 Å². The van der Waals surface area contributed by atoms with Crippen LogP contribution in [0, 0.1) is 0 Å². The van der Waals surface area contributed by atoms with E-state index in [1.165, 1.54) is 16.7 Å². The maximum atomic E-state index is 6.19. The third kappa shape index (κ3) is 4.26. The average Bonchev–Trinajstić information content (AvgIpc) is 2.72. The molecule has 1 heterocycles. The number of para-hydroxylation sites is 1. The van der Waals surface area contributed by atoms with Gasteiger partial charge in [-0.15, -0.1) is 0 Å². The molecule has 0 N–H and O–H groups in total. The predicted octanol–water partition coefficient (Wildman–Crippen LogP) is 6.77. The number of aryl methyl sites for hydroxylation is 2. The molecule has 0 bridgehead atoms. The third-order valence-electron chi connectivity index (χ3n) is 4.71. The Morgan fingerprint density at radius 3 is 2.07 bits per heavy atom. The Kier molecular flexibility index (Phi) is 6.82. The number of hydrogen-bond donors (Lipinski definition) is 0. The minimum atomic E-state index is 0.260. The lowest BCUT2D eigenvalue weighted by Gasteiger charge is -2.16. The number of pyridine rings is 1. The van der Waals surface area contributed by atoms with Crippen LogP contribution >= 0.6 is 23.2 Å². The van der Waals surface area contributed by atoms with Crippen LogP contribution in [0.3, 0.4) is 0 Å². The van der Waals surface area contributed by atoms with Gasteiger partial charge in [0.1, 0.15) is 12.4 Å². The molecular formula is C23H23Cl2NO2. The lowest BCUT2D eigenvalue weighted by Crippen LogP contribution is -2.03. The fourth-order valence-electron chi connectivity index (χ4n) is 3.24. The first kappa shape index (κ1) is 20.5. The van der Waals surface area contributed by atoms with Crippen LogP contribution in [0.4, 0.5) is 0 Å². The number of halogens is 2. The van der Waals surface area contributed by atoms with Gasteiger partial charge in [-0.2, -0.15) is 0 Å². The number of nitrogens with zero attached hydrogens (tertiary/aromatic N) is 1. The smallest absolute Gasteiger partial charge is 0.156 e. The second-order valence-electron chi connectivity index (χ2n) is 6.38. The van der Waals surface area contributed by atoms with E-state index in [4.69, 9.17) is 37.7 Å². The highest BCUT2D eigenvalue weighted by molar-refractivity contribution is 6.37. The second-order valence-corrected chi connectivity index (χ2v) is 7.19. The minimum Gasteiger partial charge on any atom is -0.496 e. The molecule has 0 aliphatic carbocycles. The average molecular weight is 416 g/mol. The summed E-state index contributed by atoms with van der Waals surface area (Å²) >= 11 is 12.4. The Morgan fingerprint density at radius 1 is 0.893 bits per heavy atom. The van der Waals surface area contributed by atoms with E-state index in [1.807, 2.05) is 6.07 Å². The van der Waals surface area contributed by atoms with Gasteiger partial charge in [0.25, 0.3) is 0 Å². The molecule has 0 aliphatic heterocycles. The van der Waals surface area contributed by atoms with Crippen molar-refractivity contribution in [2.45, 2.75) is 33.3 Å². The molecule has 0 saturated heterocycles. The fourth-order valence-corrected chi connectivity index (χ4v) is 3.75. The van der Waals surface area contributed by atoms with Crippen molar-refractivity contribution in [1.82, 2.24) is 4.98 Å². The summed E-state index contributed by atoms with van der Waals surface area (Å²) in [5, 5.41) is 0.945. The van der Waals surface area contributed by atoms with Crippen molar-refractivity contribution in [3.63, 3.8) is 0 Å². The second kappa shape index (κ2) is 9.31. The van der Waals surface area contributed by atoms with Gasteiger partial charge in [0, 0.05) is 23.4 Å². The first-order valence-corrected chi connectivity index (χ1v) is 10.0. The van der Waals surface area contributed by atoms with Crippen LogP contribution in [-0.4, -0.2) is 12.1 Å². The number of benzene rings is 2. The molecule has 0 aliphatic rings. The monoisotopic (exact) mass is 415 g/mol. The van der Waals surface area contributed by atoms with Crippen molar-refractivity contribution < 1.29 is 9.47 Å². The Balaban J connectivity index is 1.94. The number of rotatable bonds is 7. The van der Waals surface area contributed by atoms with Gasteiger partial charge in [0.15, 0.2) is 5.75 Å². The molecule has 28 heavy (non-hydrogen) atoms. The fraction of sp³-hybridized carbons (Fsp3) is 0.261. The summed E-state index contributed by atoms with van der Waals surface area (Å²) in [6, 6.07) is 13.7. The summed E-state index contributed by atoms with van der Waals surface area (Å²) in [7, 11) is 1.65. The first-order chi connectivity index (χ1) is 13.6. The summed E-state index contributed by atoms with van der Waals surface area (Å²) in [6.07, 6.45) is 3.69. The van der Waals surface area contributed by atoms with Gasteiger partial charge in [-0.3, -0.25) is 4.98 Å². The normalized spacial score (nSPS) is 10.8. The van der Waals surface area contributed by atoms with E-state index in [2.05, 4.69) is 32.0 Å². The van der Waals surface area contributed by atoms with E-state index < -0.39 is 0 Å². The summed E-state index contributed by atoms with van der Waals surface area (Å²) in [6.45, 7) is 4.58. The van der Waals surface area contributed by atoms with Crippen molar-refractivity contribution >= 4 is 23.2 Å². The molecule has 3 nitrogen and oxygen atoms in total. The molecule has 0 fully saturated rings. The maximum absolute atomic E-state index is 6.19. The van der Waals surface area contributed by atoms with Crippen molar-refractivity contribution in [3.8, 4) is 22.8 Å². The van der Waals surface area contributed by atoms with Crippen LogP contribution in [0.2, 0.25) is 10.0 Å². The number of ether oxygens (including phenoxy) is 2. The standard InChI is InChI=1S/C23H23Cl2NO2/c1-4-15-8-6-9-16(5-2)22(15)20-12-21(27-3)17(13-26-20)14-28-23-18(24)10-7-11-19(23)25/h6-13H,4-5,14H2,1-3H3. The van der Waals surface area contributed by atoms with E-state index in [0.29, 0.717) is 15.8 Å². The van der Waals surface area contributed by atoms with E-state index in [0.717, 1.165) is 29.8 Å². The third-order valence-corrected chi connectivity index (χ3v) is 5.30. The van der Waals surface area contributed by atoms with Crippen molar-refractivity contribution in [2.24, 2.45) is 0 Å². The van der Waals surface area contributed by atoms with Crippen molar-refractivity contribution in [1.29, 1.82) is 0 Å². The Morgan fingerprint density at radius 2 is 1.50 bits per heavy atom. The molecule has 3 aromatic rings. The van der Waals surface area contributed by atoms with Crippen LogP contribution < -0.4 is 9.47 Å². The molecule has 0 radical (unpaired) electrons. The molecule has 0 saturated carbocycles. The maximum Gasteiger partial charge on any atom is 0.156 e. The van der Waals surface area contributed by atoms with Gasteiger partial charge in [-0.25, -0.2) is 0 Å². The first-order valence-electron chi connectivity index (χ1n) is 9.29. The minimum absolute atomic E-state index is 0.260. The Labute approximate surface area is 176 Å². The molecule has 0 unspecified atom stereocenters. The predicted molar refractivity (Wildman–Crippen MR) is 116 cm³/mol. The van der Waals surface area contributed by atoms with Gasteiger partial charge >= 0.3 is 0 Å².